The normalized spacial score (nSPS) is 41.7. The van der Waals surface area contributed by atoms with E-state index in [4.69, 9.17) is 4.74 Å². The minimum absolute atomic E-state index is 0.260. The summed E-state index contributed by atoms with van der Waals surface area (Å²) < 4.78 is 5.46. The lowest BCUT2D eigenvalue weighted by atomic mass is 9.98. The first-order valence-electron chi connectivity index (χ1n) is 3.66. The predicted molar refractivity (Wildman–Crippen MR) is 50.1 cm³/mol. The minimum Gasteiger partial charge on any atom is -0.376 e. The van der Waals surface area contributed by atoms with Crippen molar-refractivity contribution in [3.8, 4) is 0 Å². The Morgan fingerprint density at radius 2 is 2.30 bits per heavy atom. The van der Waals surface area contributed by atoms with Crippen molar-refractivity contribution in [1.29, 1.82) is 0 Å². The van der Waals surface area contributed by atoms with Crippen LogP contribution in [0.15, 0.2) is 0 Å². The van der Waals surface area contributed by atoms with Crippen molar-refractivity contribution in [3.63, 3.8) is 0 Å². The predicted octanol–water partition coefficient (Wildman–Crippen LogP) is 1.64. The monoisotopic (exact) mass is 178 g/mol. The van der Waals surface area contributed by atoms with Gasteiger partial charge in [-0.2, -0.15) is 25.3 Å². The van der Waals surface area contributed by atoms with E-state index in [1.54, 1.807) is 0 Å². The number of ether oxygens (including phenoxy) is 1. The van der Waals surface area contributed by atoms with Gasteiger partial charge in [0.2, 0.25) is 0 Å². The summed E-state index contributed by atoms with van der Waals surface area (Å²) in [6.45, 7) is 3.10. The Morgan fingerprint density at radius 1 is 1.60 bits per heavy atom. The SMILES string of the molecule is CC1CCOC(CS)[C@H]1S. The summed E-state index contributed by atoms with van der Waals surface area (Å²) in [6, 6.07) is 0. The van der Waals surface area contributed by atoms with Crippen molar-refractivity contribution in [2.75, 3.05) is 12.4 Å². The van der Waals surface area contributed by atoms with E-state index in [9.17, 15) is 0 Å². The summed E-state index contributed by atoms with van der Waals surface area (Å²) in [4.78, 5) is 0. The van der Waals surface area contributed by atoms with Crippen molar-refractivity contribution in [2.45, 2.75) is 24.7 Å². The number of hydrogen-bond donors (Lipinski definition) is 2. The average molecular weight is 178 g/mol. The van der Waals surface area contributed by atoms with Gasteiger partial charge in [0, 0.05) is 17.6 Å². The molecule has 0 radical (unpaired) electrons. The van der Waals surface area contributed by atoms with Crippen LogP contribution in [0.3, 0.4) is 0 Å². The zero-order valence-electron chi connectivity index (χ0n) is 6.16. The summed E-state index contributed by atoms with van der Waals surface area (Å²) in [7, 11) is 0. The Bertz CT molecular complexity index is 108. The second-order valence-electron chi connectivity index (χ2n) is 2.85. The first-order chi connectivity index (χ1) is 4.75. The molecule has 1 nitrogen and oxygen atoms in total. The molecule has 1 heterocycles. The molecule has 2 unspecified atom stereocenters. The highest BCUT2D eigenvalue weighted by atomic mass is 32.1. The van der Waals surface area contributed by atoms with Gasteiger partial charge in [-0.05, 0) is 12.3 Å². The molecular formula is C7H14OS2. The van der Waals surface area contributed by atoms with E-state index in [1.165, 1.54) is 0 Å². The molecule has 0 aromatic carbocycles. The topological polar surface area (TPSA) is 9.23 Å². The molecular weight excluding hydrogens is 164 g/mol. The zero-order chi connectivity index (χ0) is 7.56. The molecule has 0 N–H and O–H groups in total. The van der Waals surface area contributed by atoms with Crippen molar-refractivity contribution in [1.82, 2.24) is 0 Å². The van der Waals surface area contributed by atoms with Gasteiger partial charge in [0.1, 0.15) is 0 Å². The molecule has 1 saturated heterocycles. The van der Waals surface area contributed by atoms with Gasteiger partial charge < -0.3 is 4.74 Å². The van der Waals surface area contributed by atoms with Crippen molar-refractivity contribution < 1.29 is 4.74 Å². The molecule has 0 spiro atoms. The first-order valence-corrected chi connectivity index (χ1v) is 4.81. The second-order valence-corrected chi connectivity index (χ2v) is 3.81. The van der Waals surface area contributed by atoms with Crippen LogP contribution in [0.1, 0.15) is 13.3 Å². The molecule has 3 heteroatoms. The Morgan fingerprint density at radius 3 is 2.80 bits per heavy atom. The maximum Gasteiger partial charge on any atom is 0.0781 e. The van der Waals surface area contributed by atoms with E-state index in [1.807, 2.05) is 0 Å². The largest absolute Gasteiger partial charge is 0.376 e. The zero-order valence-corrected chi connectivity index (χ0v) is 7.94. The highest BCUT2D eigenvalue weighted by Gasteiger charge is 2.27. The molecule has 0 aliphatic carbocycles. The van der Waals surface area contributed by atoms with Gasteiger partial charge in [-0.25, -0.2) is 0 Å². The molecule has 0 saturated carbocycles. The Kier molecular flexibility index (Phi) is 3.40. The fourth-order valence-corrected chi connectivity index (χ4v) is 2.04. The molecule has 0 aromatic rings. The Labute approximate surface area is 73.3 Å². The van der Waals surface area contributed by atoms with Gasteiger partial charge in [-0.1, -0.05) is 6.92 Å². The van der Waals surface area contributed by atoms with E-state index in [2.05, 4.69) is 32.2 Å². The Balaban J connectivity index is 2.42. The van der Waals surface area contributed by atoms with Crippen molar-refractivity contribution >= 4 is 25.3 Å². The summed E-state index contributed by atoms with van der Waals surface area (Å²) in [5.41, 5.74) is 0. The number of thiol groups is 2. The van der Waals surface area contributed by atoms with Crippen LogP contribution in [0.25, 0.3) is 0 Å². The maximum absolute atomic E-state index is 5.46. The third-order valence-electron chi connectivity index (χ3n) is 2.05. The third kappa shape index (κ3) is 1.83. The second kappa shape index (κ2) is 3.88. The first kappa shape index (κ1) is 8.75. The van der Waals surface area contributed by atoms with Crippen LogP contribution in [0.2, 0.25) is 0 Å². The lowest BCUT2D eigenvalue weighted by molar-refractivity contribution is 0.0163. The Hall–Kier alpha value is 0.660. The van der Waals surface area contributed by atoms with Crippen LogP contribution < -0.4 is 0 Å². The minimum atomic E-state index is 0.260. The van der Waals surface area contributed by atoms with Gasteiger partial charge >= 0.3 is 0 Å². The molecule has 1 rings (SSSR count). The maximum atomic E-state index is 5.46. The third-order valence-corrected chi connectivity index (χ3v) is 3.25. The van der Waals surface area contributed by atoms with Crippen LogP contribution in [0.5, 0.6) is 0 Å². The molecule has 0 bridgehead atoms. The van der Waals surface area contributed by atoms with Crippen LogP contribution in [0.4, 0.5) is 0 Å². The van der Waals surface area contributed by atoms with Gasteiger partial charge in [-0.3, -0.25) is 0 Å². The molecule has 1 aliphatic heterocycles. The summed E-state index contributed by atoms with van der Waals surface area (Å²) in [5, 5.41) is 0.381. The van der Waals surface area contributed by atoms with Crippen LogP contribution in [0, 0.1) is 5.92 Å². The van der Waals surface area contributed by atoms with Crippen LogP contribution in [-0.4, -0.2) is 23.7 Å². The van der Waals surface area contributed by atoms with E-state index < -0.39 is 0 Å². The van der Waals surface area contributed by atoms with Gasteiger partial charge in [0.25, 0.3) is 0 Å². The molecule has 0 aromatic heterocycles. The van der Waals surface area contributed by atoms with Crippen LogP contribution in [-0.2, 0) is 4.74 Å². The molecule has 0 amide bonds. The molecule has 60 valence electrons. The molecule has 3 atom stereocenters. The summed E-state index contributed by atoms with van der Waals surface area (Å²) >= 11 is 8.65. The standard InChI is InChI=1S/C7H14OS2/c1-5-2-3-8-6(4-9)7(5)10/h5-7,9-10H,2-4H2,1H3/t5?,6?,7-/m0/s1. The van der Waals surface area contributed by atoms with Gasteiger partial charge in [0.15, 0.2) is 0 Å². The van der Waals surface area contributed by atoms with E-state index in [0.29, 0.717) is 11.2 Å². The fraction of sp³-hybridized carbons (Fsp3) is 1.00. The molecule has 1 aliphatic rings. The lowest BCUT2D eigenvalue weighted by Gasteiger charge is -2.32. The number of rotatable bonds is 1. The van der Waals surface area contributed by atoms with E-state index >= 15 is 0 Å². The van der Waals surface area contributed by atoms with Crippen molar-refractivity contribution in [3.05, 3.63) is 0 Å². The fourth-order valence-electron chi connectivity index (χ4n) is 1.20. The van der Waals surface area contributed by atoms with E-state index in [-0.39, 0.29) is 6.10 Å². The quantitative estimate of drug-likeness (QED) is 0.580. The lowest BCUT2D eigenvalue weighted by Crippen LogP contribution is -2.37. The average Bonchev–Trinajstić information content (AvgIpc) is 1.95. The molecule has 10 heavy (non-hydrogen) atoms. The smallest absolute Gasteiger partial charge is 0.0781 e. The van der Waals surface area contributed by atoms with E-state index in [0.717, 1.165) is 18.8 Å². The van der Waals surface area contributed by atoms with Crippen LogP contribution >= 0.6 is 25.3 Å². The van der Waals surface area contributed by atoms with Gasteiger partial charge in [0.05, 0.1) is 6.10 Å². The van der Waals surface area contributed by atoms with Crippen molar-refractivity contribution in [2.24, 2.45) is 5.92 Å². The number of hydrogen-bond acceptors (Lipinski definition) is 3. The summed E-state index contributed by atoms with van der Waals surface area (Å²) in [6.07, 6.45) is 1.40. The van der Waals surface area contributed by atoms with Gasteiger partial charge in [-0.15, -0.1) is 0 Å². The summed E-state index contributed by atoms with van der Waals surface area (Å²) in [5.74, 6) is 1.47. The molecule has 1 fully saturated rings. The highest BCUT2D eigenvalue weighted by molar-refractivity contribution is 7.81. The highest BCUT2D eigenvalue weighted by Crippen LogP contribution is 2.25.